The maximum atomic E-state index is 12.9. The van der Waals surface area contributed by atoms with E-state index in [-0.39, 0.29) is 5.82 Å². The van der Waals surface area contributed by atoms with Crippen molar-refractivity contribution in [2.45, 2.75) is 38.1 Å². The smallest absolute Gasteiger partial charge is 0.125 e. The third-order valence-electron chi connectivity index (χ3n) is 2.80. The number of rotatable bonds is 2. The topological polar surface area (TPSA) is 12.0 Å². The summed E-state index contributed by atoms with van der Waals surface area (Å²) in [5, 5.41) is 3.38. The summed E-state index contributed by atoms with van der Waals surface area (Å²) in [5.41, 5.74) is 0.914. The summed E-state index contributed by atoms with van der Waals surface area (Å²) in [7, 11) is 0. The van der Waals surface area contributed by atoms with E-state index >= 15 is 0 Å². The van der Waals surface area contributed by atoms with Gasteiger partial charge >= 0.3 is 0 Å². The second-order valence-corrected chi connectivity index (χ2v) is 3.99. The van der Waals surface area contributed by atoms with Gasteiger partial charge in [-0.1, -0.05) is 25.3 Å². The Labute approximate surface area is 84.3 Å². The molecule has 1 aliphatic carbocycles. The normalized spacial score (nSPS) is 18.1. The Morgan fingerprint density at radius 1 is 1.14 bits per heavy atom. The molecule has 0 radical (unpaired) electrons. The first-order valence-electron chi connectivity index (χ1n) is 5.37. The number of halogens is 1. The van der Waals surface area contributed by atoms with E-state index in [4.69, 9.17) is 0 Å². The van der Waals surface area contributed by atoms with Gasteiger partial charge in [0.25, 0.3) is 0 Å². The fraction of sp³-hybridized carbons (Fsp3) is 0.500. The highest BCUT2D eigenvalue weighted by Gasteiger charge is 2.12. The lowest BCUT2D eigenvalue weighted by molar-refractivity contribution is 0.462. The van der Waals surface area contributed by atoms with Gasteiger partial charge in [0.05, 0.1) is 0 Å². The first-order valence-corrected chi connectivity index (χ1v) is 5.37. The Morgan fingerprint density at radius 3 is 2.64 bits per heavy atom. The second kappa shape index (κ2) is 4.45. The van der Waals surface area contributed by atoms with Crippen LogP contribution in [0.1, 0.15) is 32.1 Å². The molecule has 2 rings (SSSR count). The fourth-order valence-electron chi connectivity index (χ4n) is 2.06. The van der Waals surface area contributed by atoms with Gasteiger partial charge in [-0.05, 0) is 31.0 Å². The Morgan fingerprint density at radius 2 is 1.93 bits per heavy atom. The van der Waals surface area contributed by atoms with Crippen LogP contribution in [0.3, 0.4) is 0 Å². The Hall–Kier alpha value is -1.05. The molecule has 1 fully saturated rings. The molecule has 1 aromatic carbocycles. The molecular formula is C12H16FN. The Balaban J connectivity index is 1.95. The van der Waals surface area contributed by atoms with Crippen molar-refractivity contribution >= 4 is 5.69 Å². The van der Waals surface area contributed by atoms with Gasteiger partial charge in [-0.2, -0.15) is 0 Å². The highest BCUT2D eigenvalue weighted by Crippen LogP contribution is 2.21. The van der Waals surface area contributed by atoms with Gasteiger partial charge in [0.2, 0.25) is 0 Å². The predicted octanol–water partition coefficient (Wildman–Crippen LogP) is 3.57. The van der Waals surface area contributed by atoms with Gasteiger partial charge in [0, 0.05) is 11.7 Å². The minimum Gasteiger partial charge on any atom is -0.382 e. The summed E-state index contributed by atoms with van der Waals surface area (Å²) >= 11 is 0. The van der Waals surface area contributed by atoms with Crippen molar-refractivity contribution in [1.82, 2.24) is 0 Å². The number of nitrogens with one attached hydrogen (secondary N) is 1. The van der Waals surface area contributed by atoms with E-state index in [2.05, 4.69) is 5.32 Å². The largest absolute Gasteiger partial charge is 0.382 e. The molecular weight excluding hydrogens is 177 g/mol. The molecule has 1 saturated carbocycles. The van der Waals surface area contributed by atoms with E-state index < -0.39 is 0 Å². The zero-order valence-electron chi connectivity index (χ0n) is 8.30. The second-order valence-electron chi connectivity index (χ2n) is 3.99. The van der Waals surface area contributed by atoms with Crippen LogP contribution in [-0.4, -0.2) is 6.04 Å². The average Bonchev–Trinajstić information content (AvgIpc) is 2.19. The maximum Gasteiger partial charge on any atom is 0.125 e. The molecule has 0 atom stereocenters. The van der Waals surface area contributed by atoms with Crippen molar-refractivity contribution in [3.05, 3.63) is 30.1 Å². The predicted molar refractivity (Wildman–Crippen MR) is 56.9 cm³/mol. The molecule has 0 aromatic heterocycles. The molecule has 1 N–H and O–H groups in total. The van der Waals surface area contributed by atoms with Gasteiger partial charge in [-0.3, -0.25) is 0 Å². The van der Waals surface area contributed by atoms with E-state index in [1.165, 1.54) is 38.2 Å². The molecule has 2 heteroatoms. The van der Waals surface area contributed by atoms with Crippen molar-refractivity contribution in [3.8, 4) is 0 Å². The number of anilines is 1. The number of hydrogen-bond acceptors (Lipinski definition) is 1. The van der Waals surface area contributed by atoms with E-state index in [0.717, 1.165) is 5.69 Å². The molecule has 76 valence electrons. The molecule has 0 unspecified atom stereocenters. The van der Waals surface area contributed by atoms with Crippen LogP contribution in [0.4, 0.5) is 10.1 Å². The van der Waals surface area contributed by atoms with E-state index in [1.807, 2.05) is 6.07 Å². The summed E-state index contributed by atoms with van der Waals surface area (Å²) in [6, 6.07) is 7.27. The molecule has 0 heterocycles. The van der Waals surface area contributed by atoms with Gasteiger partial charge in [0.15, 0.2) is 0 Å². The van der Waals surface area contributed by atoms with E-state index in [1.54, 1.807) is 12.1 Å². The van der Waals surface area contributed by atoms with E-state index in [0.29, 0.717) is 6.04 Å². The highest BCUT2D eigenvalue weighted by atomic mass is 19.1. The van der Waals surface area contributed by atoms with Crippen LogP contribution in [0.2, 0.25) is 0 Å². The first kappa shape index (κ1) is 9.50. The Kier molecular flexibility index (Phi) is 3.02. The van der Waals surface area contributed by atoms with Crippen molar-refractivity contribution < 1.29 is 4.39 Å². The molecule has 1 nitrogen and oxygen atoms in total. The van der Waals surface area contributed by atoms with Crippen LogP contribution in [0.25, 0.3) is 0 Å². The van der Waals surface area contributed by atoms with Crippen LogP contribution < -0.4 is 5.32 Å². The molecule has 0 bridgehead atoms. The summed E-state index contributed by atoms with van der Waals surface area (Å²) in [6.45, 7) is 0. The first-order chi connectivity index (χ1) is 6.84. The molecule has 0 aliphatic heterocycles. The van der Waals surface area contributed by atoms with Gasteiger partial charge in [-0.25, -0.2) is 4.39 Å². The van der Waals surface area contributed by atoms with Crippen molar-refractivity contribution in [2.75, 3.05) is 5.32 Å². The highest BCUT2D eigenvalue weighted by molar-refractivity contribution is 5.43. The third kappa shape index (κ3) is 2.47. The Bertz CT molecular complexity index is 292. The van der Waals surface area contributed by atoms with Crippen molar-refractivity contribution in [3.63, 3.8) is 0 Å². The lowest BCUT2D eigenvalue weighted by Crippen LogP contribution is -2.22. The monoisotopic (exact) mass is 193 g/mol. The van der Waals surface area contributed by atoms with Crippen LogP contribution >= 0.6 is 0 Å². The maximum absolute atomic E-state index is 12.9. The fourth-order valence-corrected chi connectivity index (χ4v) is 2.06. The van der Waals surface area contributed by atoms with Gasteiger partial charge in [-0.15, -0.1) is 0 Å². The zero-order valence-corrected chi connectivity index (χ0v) is 8.30. The summed E-state index contributed by atoms with van der Waals surface area (Å²) in [6.07, 6.45) is 6.38. The lowest BCUT2D eigenvalue weighted by atomic mass is 9.95. The van der Waals surface area contributed by atoms with Gasteiger partial charge in [0.1, 0.15) is 5.82 Å². The number of hydrogen-bond donors (Lipinski definition) is 1. The third-order valence-corrected chi connectivity index (χ3v) is 2.80. The molecule has 0 amide bonds. The summed E-state index contributed by atoms with van der Waals surface area (Å²) in [5.74, 6) is -0.161. The van der Waals surface area contributed by atoms with Gasteiger partial charge < -0.3 is 5.32 Å². The standard InChI is InChI=1S/C12H16FN/c13-10-5-4-8-12(9-10)14-11-6-2-1-3-7-11/h4-5,8-9,11,14H,1-3,6-7H2. The van der Waals surface area contributed by atoms with E-state index in [9.17, 15) is 4.39 Å². The zero-order chi connectivity index (χ0) is 9.80. The SMILES string of the molecule is Fc1cccc(NC2CCCCC2)c1. The molecule has 1 aromatic rings. The summed E-state index contributed by atoms with van der Waals surface area (Å²) in [4.78, 5) is 0. The minimum absolute atomic E-state index is 0.161. The van der Waals surface area contributed by atoms with Crippen molar-refractivity contribution in [2.24, 2.45) is 0 Å². The molecule has 0 spiro atoms. The lowest BCUT2D eigenvalue weighted by Gasteiger charge is -2.23. The molecule has 0 saturated heterocycles. The minimum atomic E-state index is -0.161. The van der Waals surface area contributed by atoms with Crippen LogP contribution in [0.5, 0.6) is 0 Å². The average molecular weight is 193 g/mol. The quantitative estimate of drug-likeness (QED) is 0.757. The van der Waals surface area contributed by atoms with Crippen LogP contribution in [-0.2, 0) is 0 Å². The van der Waals surface area contributed by atoms with Crippen LogP contribution in [0.15, 0.2) is 24.3 Å². The number of benzene rings is 1. The molecule has 14 heavy (non-hydrogen) atoms. The van der Waals surface area contributed by atoms with Crippen LogP contribution in [0, 0.1) is 5.82 Å². The summed E-state index contributed by atoms with van der Waals surface area (Å²) < 4.78 is 12.9. The van der Waals surface area contributed by atoms with Crippen molar-refractivity contribution in [1.29, 1.82) is 0 Å². The molecule has 1 aliphatic rings.